The molecule has 0 fully saturated rings. The van der Waals surface area contributed by atoms with E-state index in [1.54, 1.807) is 30.3 Å². The van der Waals surface area contributed by atoms with Crippen LogP contribution in [0.3, 0.4) is 0 Å². The van der Waals surface area contributed by atoms with Crippen LogP contribution >= 0.6 is 34.8 Å². The Balaban J connectivity index is 1.91. The molecule has 1 amide bonds. The summed E-state index contributed by atoms with van der Waals surface area (Å²) >= 11 is 18.5. The fraction of sp³-hybridized carbons (Fsp3) is 0.259. The van der Waals surface area contributed by atoms with Gasteiger partial charge in [-0.05, 0) is 60.0 Å². The first kappa shape index (κ1) is 26.9. The minimum Gasteiger partial charge on any atom is -0.485 e. The summed E-state index contributed by atoms with van der Waals surface area (Å²) in [6.07, 6.45) is 1.24. The second-order valence-electron chi connectivity index (χ2n) is 8.11. The van der Waals surface area contributed by atoms with Crippen molar-refractivity contribution in [2.75, 3.05) is 6.54 Å². The average Bonchev–Trinajstić information content (AvgIpc) is 2.81. The Morgan fingerprint density at radius 3 is 2.06 bits per heavy atom. The number of carbonyl (C=O) groups excluding carboxylic acids is 1. The van der Waals surface area contributed by atoms with E-state index >= 15 is 0 Å². The van der Waals surface area contributed by atoms with Crippen molar-refractivity contribution in [1.82, 2.24) is 5.32 Å². The van der Waals surface area contributed by atoms with Gasteiger partial charge in [0.2, 0.25) is 0 Å². The van der Waals surface area contributed by atoms with Gasteiger partial charge in [-0.3, -0.25) is 9.59 Å². The summed E-state index contributed by atoms with van der Waals surface area (Å²) in [6.45, 7) is 2.18. The number of carboxylic acids is 1. The number of nitrogens with one attached hydrogen (secondary N) is 1. The molecule has 8 heteroatoms. The molecule has 3 rings (SSSR count). The highest BCUT2D eigenvalue weighted by molar-refractivity contribution is 6.34. The molecule has 0 aromatic heterocycles. The molecule has 0 unspecified atom stereocenters. The summed E-state index contributed by atoms with van der Waals surface area (Å²) in [4.78, 5) is 23.0. The lowest BCUT2D eigenvalue weighted by Crippen LogP contribution is -2.26. The number of carbonyl (C=O) groups is 2. The predicted molar refractivity (Wildman–Crippen MR) is 140 cm³/mol. The first-order chi connectivity index (χ1) is 16.8. The third-order valence-electron chi connectivity index (χ3n) is 5.49. The van der Waals surface area contributed by atoms with E-state index in [1.165, 1.54) is 0 Å². The fourth-order valence-corrected chi connectivity index (χ4v) is 4.48. The molecule has 0 spiro atoms. The summed E-state index contributed by atoms with van der Waals surface area (Å²) < 4.78 is 6.48. The quantitative estimate of drug-likeness (QED) is 0.266. The third kappa shape index (κ3) is 7.89. The molecule has 3 aromatic rings. The maximum Gasteiger partial charge on any atom is 0.305 e. The molecule has 35 heavy (non-hydrogen) atoms. The zero-order chi connectivity index (χ0) is 25.4. The zero-order valence-electron chi connectivity index (χ0n) is 19.1. The van der Waals surface area contributed by atoms with Crippen LogP contribution in [0.5, 0.6) is 5.75 Å². The number of hydrogen-bond acceptors (Lipinski definition) is 3. The number of ether oxygens (including phenoxy) is 1. The molecule has 3 aromatic carbocycles. The van der Waals surface area contributed by atoms with Gasteiger partial charge in [0, 0.05) is 33.1 Å². The van der Waals surface area contributed by atoms with E-state index in [2.05, 4.69) is 12.2 Å². The number of benzene rings is 3. The molecule has 2 atom stereocenters. The monoisotopic (exact) mass is 533 g/mol. The van der Waals surface area contributed by atoms with Crippen LogP contribution < -0.4 is 10.1 Å². The van der Waals surface area contributed by atoms with E-state index in [-0.39, 0.29) is 30.9 Å². The average molecular weight is 535 g/mol. The van der Waals surface area contributed by atoms with Crippen LogP contribution in [-0.4, -0.2) is 23.5 Å². The van der Waals surface area contributed by atoms with Crippen molar-refractivity contribution in [1.29, 1.82) is 0 Å². The summed E-state index contributed by atoms with van der Waals surface area (Å²) in [5.74, 6) is -0.762. The van der Waals surface area contributed by atoms with Gasteiger partial charge in [-0.1, -0.05) is 72.4 Å². The Labute approximate surface area is 220 Å². The lowest BCUT2D eigenvalue weighted by Gasteiger charge is -2.29. The minimum absolute atomic E-state index is 0.0388. The molecule has 0 saturated heterocycles. The first-order valence-electron chi connectivity index (χ1n) is 11.2. The van der Waals surface area contributed by atoms with Crippen LogP contribution in [0.2, 0.25) is 15.1 Å². The molecule has 0 aliphatic carbocycles. The molecule has 0 heterocycles. The van der Waals surface area contributed by atoms with Crippen LogP contribution in [0.15, 0.2) is 66.7 Å². The van der Waals surface area contributed by atoms with Crippen molar-refractivity contribution < 1.29 is 19.4 Å². The maximum atomic E-state index is 12.4. The van der Waals surface area contributed by atoms with Crippen LogP contribution in [0.1, 0.15) is 59.7 Å². The molecule has 0 aliphatic heterocycles. The van der Waals surface area contributed by atoms with Crippen LogP contribution in [-0.2, 0) is 4.79 Å². The van der Waals surface area contributed by atoms with Crippen molar-refractivity contribution in [3.63, 3.8) is 0 Å². The summed E-state index contributed by atoms with van der Waals surface area (Å²) in [5, 5.41) is 13.0. The van der Waals surface area contributed by atoms with E-state index in [9.17, 15) is 9.59 Å². The predicted octanol–water partition coefficient (Wildman–Crippen LogP) is 7.56. The highest BCUT2D eigenvalue weighted by atomic mass is 35.5. The van der Waals surface area contributed by atoms with E-state index < -0.39 is 5.97 Å². The Kier molecular flexibility index (Phi) is 9.84. The summed E-state index contributed by atoms with van der Waals surface area (Å²) in [5.41, 5.74) is 2.40. The Bertz CT molecular complexity index is 1130. The Hall–Kier alpha value is -2.73. The van der Waals surface area contributed by atoms with Gasteiger partial charge in [-0.25, -0.2) is 0 Å². The number of hydrogen-bond donors (Lipinski definition) is 2. The molecule has 0 bridgehead atoms. The molecule has 0 aliphatic rings. The van der Waals surface area contributed by atoms with E-state index in [4.69, 9.17) is 44.6 Å². The lowest BCUT2D eigenvalue weighted by atomic mass is 9.85. The fourth-order valence-electron chi connectivity index (χ4n) is 3.85. The van der Waals surface area contributed by atoms with Crippen LogP contribution in [0.4, 0.5) is 0 Å². The van der Waals surface area contributed by atoms with Gasteiger partial charge >= 0.3 is 5.97 Å². The highest BCUT2D eigenvalue weighted by Gasteiger charge is 2.27. The molecule has 2 N–H and O–H groups in total. The number of halogens is 3. The van der Waals surface area contributed by atoms with E-state index in [1.807, 2.05) is 36.4 Å². The highest BCUT2D eigenvalue weighted by Crippen LogP contribution is 2.40. The largest absolute Gasteiger partial charge is 0.485 e. The number of aliphatic carboxylic acids is 1. The normalized spacial score (nSPS) is 12.6. The SMILES string of the molecule is CCC[C@H](c1ccc(C(=O)NCCC(=O)O)cc1)[C@@H](Oc1cc(Cl)cc(Cl)c1)c1ccc(Cl)cc1. The second-order valence-corrected chi connectivity index (χ2v) is 9.42. The maximum absolute atomic E-state index is 12.4. The second kappa shape index (κ2) is 12.8. The van der Waals surface area contributed by atoms with Gasteiger partial charge in [-0.15, -0.1) is 0 Å². The molecule has 0 radical (unpaired) electrons. The molecular formula is C27H26Cl3NO4. The van der Waals surface area contributed by atoms with E-state index in [0.29, 0.717) is 26.4 Å². The van der Waals surface area contributed by atoms with Crippen molar-refractivity contribution in [3.05, 3.63) is 98.5 Å². The topological polar surface area (TPSA) is 75.6 Å². The van der Waals surface area contributed by atoms with Gasteiger partial charge in [0.15, 0.2) is 0 Å². The number of carboxylic acid groups (broad SMARTS) is 1. The number of amides is 1. The lowest BCUT2D eigenvalue weighted by molar-refractivity contribution is -0.136. The van der Waals surface area contributed by atoms with Gasteiger partial charge in [0.1, 0.15) is 11.9 Å². The molecule has 184 valence electrons. The van der Waals surface area contributed by atoms with Crippen molar-refractivity contribution in [2.24, 2.45) is 0 Å². The van der Waals surface area contributed by atoms with Crippen molar-refractivity contribution in [2.45, 2.75) is 38.2 Å². The van der Waals surface area contributed by atoms with Crippen molar-refractivity contribution >= 4 is 46.7 Å². The Morgan fingerprint density at radius 1 is 0.886 bits per heavy atom. The third-order valence-corrected chi connectivity index (χ3v) is 6.18. The molecular weight excluding hydrogens is 509 g/mol. The molecule has 0 saturated carbocycles. The Morgan fingerprint density at radius 2 is 1.49 bits per heavy atom. The first-order valence-corrected chi connectivity index (χ1v) is 12.4. The van der Waals surface area contributed by atoms with Gasteiger partial charge in [-0.2, -0.15) is 0 Å². The van der Waals surface area contributed by atoms with Gasteiger partial charge in [0.05, 0.1) is 6.42 Å². The van der Waals surface area contributed by atoms with E-state index in [0.717, 1.165) is 24.0 Å². The zero-order valence-corrected chi connectivity index (χ0v) is 21.4. The minimum atomic E-state index is -0.961. The molecule has 5 nitrogen and oxygen atoms in total. The summed E-state index contributed by atoms with van der Waals surface area (Å²) in [7, 11) is 0. The van der Waals surface area contributed by atoms with Crippen molar-refractivity contribution in [3.8, 4) is 5.75 Å². The van der Waals surface area contributed by atoms with Gasteiger partial charge in [0.25, 0.3) is 5.91 Å². The standard InChI is InChI=1S/C27H26Cl3NO4/c1-2-3-24(17-4-6-19(7-5-17)27(34)31-13-12-25(32)33)26(18-8-10-20(28)11-9-18)35-23-15-21(29)14-22(30)16-23/h4-11,14-16,24,26H,2-3,12-13H2,1H3,(H,31,34)(H,32,33)/t24-,26+/m1/s1. The van der Waals surface area contributed by atoms with Gasteiger partial charge < -0.3 is 15.2 Å². The summed E-state index contributed by atoms with van der Waals surface area (Å²) in [6, 6.07) is 19.9. The number of rotatable bonds is 11. The van der Waals surface area contributed by atoms with Crippen LogP contribution in [0.25, 0.3) is 0 Å². The smallest absolute Gasteiger partial charge is 0.305 e. The van der Waals surface area contributed by atoms with Crippen LogP contribution in [0, 0.1) is 0 Å².